The molecule has 0 saturated carbocycles. The fraction of sp³-hybridized carbons (Fsp3) is 0.321. The molecule has 5 rings (SSSR count). The van der Waals surface area contributed by atoms with Gasteiger partial charge in [0.05, 0.1) is 23.4 Å². The summed E-state index contributed by atoms with van der Waals surface area (Å²) in [5.74, 6) is -0.365. The van der Waals surface area contributed by atoms with E-state index in [0.29, 0.717) is 21.9 Å². The summed E-state index contributed by atoms with van der Waals surface area (Å²) in [7, 11) is -2.55. The molecule has 0 aromatic heterocycles. The van der Waals surface area contributed by atoms with E-state index in [0.717, 1.165) is 38.4 Å². The highest BCUT2D eigenvalue weighted by atomic mass is 35.5. The van der Waals surface area contributed by atoms with Crippen LogP contribution in [0, 0.1) is 13.8 Å². The fourth-order valence-corrected chi connectivity index (χ4v) is 6.80. The molecule has 0 N–H and O–H groups in total. The number of piperazine rings is 1. The van der Waals surface area contributed by atoms with E-state index in [1.54, 1.807) is 13.0 Å². The van der Waals surface area contributed by atoms with Crippen LogP contribution < -0.4 is 9.64 Å². The van der Waals surface area contributed by atoms with Crippen LogP contribution in [-0.4, -0.2) is 52.6 Å². The topological polar surface area (TPSA) is 76.2 Å². The predicted molar refractivity (Wildman–Crippen MR) is 144 cm³/mol. The molecule has 0 amide bonds. The van der Waals surface area contributed by atoms with Crippen molar-refractivity contribution in [2.24, 2.45) is 0 Å². The Morgan fingerprint density at radius 3 is 2.43 bits per heavy atom. The van der Waals surface area contributed by atoms with E-state index in [9.17, 15) is 13.2 Å². The van der Waals surface area contributed by atoms with Gasteiger partial charge in [0.15, 0.2) is 9.84 Å². The Morgan fingerprint density at radius 1 is 1.00 bits per heavy atom. The van der Waals surface area contributed by atoms with Gasteiger partial charge >= 0.3 is 5.97 Å². The lowest BCUT2D eigenvalue weighted by atomic mass is 10.1. The summed E-state index contributed by atoms with van der Waals surface area (Å²) < 4.78 is 37.7. The van der Waals surface area contributed by atoms with Gasteiger partial charge < -0.3 is 14.4 Å². The fourth-order valence-electron chi connectivity index (χ4n) is 4.95. The quantitative estimate of drug-likeness (QED) is 0.424. The van der Waals surface area contributed by atoms with Gasteiger partial charge in [-0.25, -0.2) is 13.2 Å². The van der Waals surface area contributed by atoms with Crippen LogP contribution in [0.15, 0.2) is 53.4 Å². The van der Waals surface area contributed by atoms with Crippen molar-refractivity contribution < 1.29 is 22.7 Å². The Bertz CT molecular complexity index is 1480. The average Bonchev–Trinajstić information content (AvgIpc) is 2.99. The zero-order valence-electron chi connectivity index (χ0n) is 21.1. The van der Waals surface area contributed by atoms with Gasteiger partial charge in [0.2, 0.25) is 0 Å². The van der Waals surface area contributed by atoms with Gasteiger partial charge in [-0.15, -0.1) is 0 Å². The number of aryl methyl sites for hydroxylation is 2. The second-order valence-electron chi connectivity index (χ2n) is 9.58. The molecule has 1 saturated heterocycles. The number of benzene rings is 3. The Kier molecular flexibility index (Phi) is 6.91. The zero-order chi connectivity index (χ0) is 26.3. The third kappa shape index (κ3) is 5.06. The first-order valence-electron chi connectivity index (χ1n) is 12.1. The number of sulfone groups is 1. The van der Waals surface area contributed by atoms with E-state index in [-0.39, 0.29) is 22.0 Å². The van der Waals surface area contributed by atoms with E-state index in [4.69, 9.17) is 21.1 Å². The molecule has 2 heterocycles. The normalized spacial score (nSPS) is 16.8. The first-order valence-corrected chi connectivity index (χ1v) is 14.2. The van der Waals surface area contributed by atoms with Crippen LogP contribution in [0.5, 0.6) is 11.5 Å². The molecule has 0 atom stereocenters. The maximum absolute atomic E-state index is 13.4. The van der Waals surface area contributed by atoms with Crippen LogP contribution >= 0.6 is 11.6 Å². The van der Waals surface area contributed by atoms with Crippen LogP contribution in [-0.2, 0) is 26.9 Å². The molecule has 2 aliphatic heterocycles. The lowest BCUT2D eigenvalue weighted by molar-refractivity contribution is 0.0600. The monoisotopic (exact) mass is 540 g/mol. The molecule has 9 heteroatoms. The van der Waals surface area contributed by atoms with Crippen molar-refractivity contribution in [3.63, 3.8) is 0 Å². The van der Waals surface area contributed by atoms with E-state index >= 15 is 0 Å². The zero-order valence-corrected chi connectivity index (χ0v) is 22.7. The lowest BCUT2D eigenvalue weighted by Crippen LogP contribution is -2.46. The van der Waals surface area contributed by atoms with Crippen molar-refractivity contribution >= 4 is 33.1 Å². The van der Waals surface area contributed by atoms with Gasteiger partial charge in [-0.05, 0) is 54.8 Å². The SMILES string of the molecule is COC(=O)c1cc(C)c2c(c1)S(=O)(=O)Cc1cc(N3CCN(Cc4ccccc4C)CC3)cc(Cl)c1O2. The van der Waals surface area contributed by atoms with Gasteiger partial charge in [-0.3, -0.25) is 4.90 Å². The molecule has 3 aromatic carbocycles. The Morgan fingerprint density at radius 2 is 1.73 bits per heavy atom. The molecule has 1 fully saturated rings. The maximum Gasteiger partial charge on any atom is 0.337 e. The molecule has 2 aliphatic rings. The third-order valence-electron chi connectivity index (χ3n) is 7.04. The summed E-state index contributed by atoms with van der Waals surface area (Å²) >= 11 is 6.68. The molecule has 0 unspecified atom stereocenters. The number of carbonyl (C=O) groups is 1. The van der Waals surface area contributed by atoms with E-state index in [2.05, 4.69) is 41.0 Å². The maximum atomic E-state index is 13.4. The number of fused-ring (bicyclic) bond motifs is 2. The number of hydrogen-bond acceptors (Lipinski definition) is 7. The Labute approximate surface area is 222 Å². The number of rotatable bonds is 4. The molecule has 0 spiro atoms. The molecular formula is C28H29ClN2O5S. The number of halogens is 1. The van der Waals surface area contributed by atoms with Crippen LogP contribution in [0.2, 0.25) is 5.02 Å². The number of carbonyl (C=O) groups excluding carboxylic acids is 1. The third-order valence-corrected chi connectivity index (χ3v) is 8.99. The highest BCUT2D eigenvalue weighted by molar-refractivity contribution is 7.90. The molecule has 7 nitrogen and oxygen atoms in total. The van der Waals surface area contributed by atoms with Gasteiger partial charge in [-0.2, -0.15) is 0 Å². The largest absolute Gasteiger partial charge is 0.465 e. The summed E-state index contributed by atoms with van der Waals surface area (Å²) in [5.41, 5.74) is 4.66. The minimum absolute atomic E-state index is 0.0356. The van der Waals surface area contributed by atoms with Gasteiger partial charge in [0, 0.05) is 44.0 Å². The van der Waals surface area contributed by atoms with Crippen molar-refractivity contribution in [2.75, 3.05) is 38.2 Å². The molecule has 0 radical (unpaired) electrons. The standard InChI is InChI=1S/C28H29ClN2O5S/c1-18-6-4-5-7-20(18)16-30-8-10-31(11-9-30)23-13-22-17-37(33,34)25-14-21(28(32)35-3)12-19(2)26(25)36-27(22)24(29)15-23/h4-7,12-15H,8-11,16-17H2,1-3H3. The molecule has 0 bridgehead atoms. The minimum Gasteiger partial charge on any atom is -0.465 e. The van der Waals surface area contributed by atoms with Gasteiger partial charge in [-0.1, -0.05) is 35.9 Å². The van der Waals surface area contributed by atoms with E-state index in [1.165, 1.54) is 24.3 Å². The van der Waals surface area contributed by atoms with Crippen molar-refractivity contribution in [1.82, 2.24) is 4.90 Å². The molecule has 194 valence electrons. The summed E-state index contributed by atoms with van der Waals surface area (Å²) in [5, 5.41) is 0.356. The van der Waals surface area contributed by atoms with Gasteiger partial charge in [0.1, 0.15) is 16.4 Å². The van der Waals surface area contributed by atoms with Crippen LogP contribution in [0.1, 0.15) is 32.6 Å². The number of esters is 1. The van der Waals surface area contributed by atoms with Crippen molar-refractivity contribution in [3.8, 4) is 11.5 Å². The summed E-state index contributed by atoms with van der Waals surface area (Å²) in [6.45, 7) is 8.12. The summed E-state index contributed by atoms with van der Waals surface area (Å²) in [6, 6.07) is 15.0. The smallest absolute Gasteiger partial charge is 0.337 e. The highest BCUT2D eigenvalue weighted by Crippen LogP contribution is 2.45. The second-order valence-corrected chi connectivity index (χ2v) is 11.9. The number of methoxy groups -OCH3 is 1. The van der Waals surface area contributed by atoms with Crippen molar-refractivity contribution in [2.45, 2.75) is 31.0 Å². The van der Waals surface area contributed by atoms with E-state index < -0.39 is 15.8 Å². The van der Waals surface area contributed by atoms with Crippen molar-refractivity contribution in [3.05, 3.63) is 81.4 Å². The Balaban J connectivity index is 1.40. The van der Waals surface area contributed by atoms with Crippen LogP contribution in [0.25, 0.3) is 0 Å². The first-order chi connectivity index (χ1) is 17.7. The molecular weight excluding hydrogens is 512 g/mol. The van der Waals surface area contributed by atoms with Crippen LogP contribution in [0.3, 0.4) is 0 Å². The van der Waals surface area contributed by atoms with E-state index in [1.807, 2.05) is 12.1 Å². The molecule has 3 aromatic rings. The summed E-state index contributed by atoms with van der Waals surface area (Å²) in [6.07, 6.45) is 0. The number of anilines is 1. The first kappa shape index (κ1) is 25.6. The minimum atomic E-state index is -3.81. The molecule has 37 heavy (non-hydrogen) atoms. The van der Waals surface area contributed by atoms with Gasteiger partial charge in [0.25, 0.3) is 0 Å². The number of hydrogen-bond donors (Lipinski definition) is 0. The summed E-state index contributed by atoms with van der Waals surface area (Å²) in [4.78, 5) is 16.7. The second kappa shape index (κ2) is 10.0. The Hall–Kier alpha value is -3.07. The number of ether oxygens (including phenoxy) is 2. The predicted octanol–water partition coefficient (Wildman–Crippen LogP) is 5.15. The average molecular weight is 541 g/mol. The highest BCUT2D eigenvalue weighted by Gasteiger charge is 2.32. The lowest BCUT2D eigenvalue weighted by Gasteiger charge is -2.36. The van der Waals surface area contributed by atoms with Crippen LogP contribution in [0.4, 0.5) is 5.69 Å². The number of nitrogens with zero attached hydrogens (tertiary/aromatic N) is 2. The van der Waals surface area contributed by atoms with Crippen molar-refractivity contribution in [1.29, 1.82) is 0 Å². The molecule has 0 aliphatic carbocycles.